The molecule has 0 radical (unpaired) electrons. The number of ketones is 1. The predicted octanol–water partition coefficient (Wildman–Crippen LogP) is 11.8. The molecule has 10 nitrogen and oxygen atoms in total. The summed E-state index contributed by atoms with van der Waals surface area (Å²) in [5.41, 5.74) is -6.78. The van der Waals surface area contributed by atoms with E-state index in [1.165, 1.54) is 89.9 Å². The minimum absolute atomic E-state index is 0.00295. The lowest BCUT2D eigenvalue weighted by Gasteiger charge is -2.50. The largest absolute Gasteiger partial charge is 0.461 e. The quantitative estimate of drug-likeness (QED) is 0.0235. The Morgan fingerprint density at radius 1 is 0.734 bits per heavy atom. The van der Waals surface area contributed by atoms with E-state index in [1.807, 2.05) is 34.6 Å². The Hall–Kier alpha value is -2.30. The molecule has 1 aliphatic heterocycles. The molecule has 1 heterocycles. The number of fused-ring (bicyclic) bond motifs is 5. The molecule has 0 amide bonds. The maximum atomic E-state index is 15.6. The van der Waals surface area contributed by atoms with Crippen LogP contribution < -0.4 is 0 Å². The number of hydrogen-bond donors (Lipinski definition) is 2. The number of aliphatic hydroxyl groups excluding tert-OH is 1. The fourth-order valence-electron chi connectivity index (χ4n) is 12.6. The van der Waals surface area contributed by atoms with Crippen LogP contribution in [0.5, 0.6) is 0 Å². The molecular weight excluding hydrogens is 809 g/mol. The van der Waals surface area contributed by atoms with Crippen LogP contribution in [0.15, 0.2) is 11.6 Å². The first-order valence-electron chi connectivity index (χ1n) is 26.3. The minimum Gasteiger partial charge on any atom is -0.461 e. The molecule has 1 spiro atoms. The number of epoxide rings is 1. The maximum Gasteiger partial charge on any atom is 0.311 e. The number of carbonyl (C=O) groups is 4. The molecule has 64 heavy (non-hydrogen) atoms. The van der Waals surface area contributed by atoms with Gasteiger partial charge in [0.25, 0.3) is 5.79 Å². The van der Waals surface area contributed by atoms with Crippen LogP contribution in [0.4, 0.5) is 0 Å². The highest BCUT2D eigenvalue weighted by Crippen LogP contribution is 2.81. The zero-order valence-electron chi connectivity index (χ0n) is 41.8. The Balaban J connectivity index is 1.30. The van der Waals surface area contributed by atoms with Crippen LogP contribution in [-0.2, 0) is 38.1 Å². The Morgan fingerprint density at radius 3 is 1.69 bits per heavy atom. The molecule has 10 unspecified atom stereocenters. The molecule has 10 heteroatoms. The van der Waals surface area contributed by atoms with Crippen LogP contribution in [0.3, 0.4) is 0 Å². The summed E-state index contributed by atoms with van der Waals surface area (Å²) in [5, 5.41) is 26.1. The summed E-state index contributed by atoms with van der Waals surface area (Å²) in [6, 6.07) is 0. The third-order valence-corrected chi connectivity index (χ3v) is 17.1. The van der Waals surface area contributed by atoms with E-state index in [-0.39, 0.29) is 55.5 Å². The van der Waals surface area contributed by atoms with Gasteiger partial charge in [0.15, 0.2) is 5.60 Å². The van der Waals surface area contributed by atoms with Gasteiger partial charge >= 0.3 is 17.9 Å². The summed E-state index contributed by atoms with van der Waals surface area (Å²) >= 11 is 0. The average Bonchev–Trinajstić information content (AvgIpc) is 4.00. The van der Waals surface area contributed by atoms with Gasteiger partial charge in [-0.15, -0.1) is 0 Å². The highest BCUT2D eigenvalue weighted by Gasteiger charge is 2.97. The smallest absolute Gasteiger partial charge is 0.311 e. The van der Waals surface area contributed by atoms with Crippen molar-refractivity contribution in [3.63, 3.8) is 0 Å². The zero-order valence-corrected chi connectivity index (χ0v) is 41.8. The number of hydrogen-bond acceptors (Lipinski definition) is 10. The summed E-state index contributed by atoms with van der Waals surface area (Å²) in [6.45, 7) is 17.4. The first-order chi connectivity index (χ1) is 30.4. The molecule has 366 valence electrons. The fourth-order valence-corrected chi connectivity index (χ4v) is 12.6. The molecule has 4 fully saturated rings. The van der Waals surface area contributed by atoms with Gasteiger partial charge in [-0.05, 0) is 50.0 Å². The number of Topliss-reactive ketones (excluding diaryl/α,β-unsaturated/α-hetero) is 1. The Morgan fingerprint density at radius 2 is 1.20 bits per heavy atom. The maximum absolute atomic E-state index is 15.6. The Kier molecular flexibility index (Phi) is 18.3. The number of rotatable bonds is 30. The lowest BCUT2D eigenvalue weighted by Crippen LogP contribution is -2.68. The van der Waals surface area contributed by atoms with Crippen molar-refractivity contribution in [1.82, 2.24) is 0 Å². The van der Waals surface area contributed by atoms with Crippen molar-refractivity contribution in [3.8, 4) is 0 Å². The van der Waals surface area contributed by atoms with E-state index in [4.69, 9.17) is 18.9 Å². The molecule has 3 saturated carbocycles. The van der Waals surface area contributed by atoms with E-state index >= 15 is 4.79 Å². The molecule has 0 aromatic rings. The molecule has 2 bridgehead atoms. The van der Waals surface area contributed by atoms with Crippen LogP contribution in [0.2, 0.25) is 0 Å². The first kappa shape index (κ1) is 52.7. The van der Waals surface area contributed by atoms with Crippen LogP contribution in [-0.4, -0.2) is 69.2 Å². The monoisotopic (exact) mass is 899 g/mol. The van der Waals surface area contributed by atoms with Gasteiger partial charge in [-0.2, -0.15) is 0 Å². The number of allylic oxidation sites excluding steroid dienone is 1. The molecule has 4 aliphatic carbocycles. The fraction of sp³-hybridized carbons (Fsp3) is 0.889. The second-order valence-electron chi connectivity index (χ2n) is 22.3. The topological polar surface area (TPSA) is 149 Å². The summed E-state index contributed by atoms with van der Waals surface area (Å²) in [6.07, 6.45) is 26.4. The molecule has 0 aromatic heterocycles. The normalized spacial score (nSPS) is 33.6. The van der Waals surface area contributed by atoms with E-state index in [2.05, 4.69) is 13.8 Å². The van der Waals surface area contributed by atoms with Gasteiger partial charge in [0.1, 0.15) is 29.7 Å². The molecule has 5 rings (SSSR count). The molecule has 5 aliphatic rings. The van der Waals surface area contributed by atoms with E-state index < -0.39 is 75.1 Å². The third kappa shape index (κ3) is 10.2. The molecule has 2 N–H and O–H groups in total. The Bertz CT molecular complexity index is 1620. The molecule has 10 atom stereocenters. The van der Waals surface area contributed by atoms with Gasteiger partial charge in [-0.3, -0.25) is 19.2 Å². The van der Waals surface area contributed by atoms with E-state index in [0.29, 0.717) is 6.42 Å². The molecule has 0 aromatic carbocycles. The number of esters is 3. The van der Waals surface area contributed by atoms with Crippen molar-refractivity contribution in [2.75, 3.05) is 6.61 Å². The van der Waals surface area contributed by atoms with Gasteiger partial charge in [0, 0.05) is 30.1 Å². The number of ether oxygens (including phenoxy) is 4. The van der Waals surface area contributed by atoms with E-state index in [0.717, 1.165) is 44.9 Å². The number of aliphatic hydroxyl groups is 2. The van der Waals surface area contributed by atoms with Crippen molar-refractivity contribution in [1.29, 1.82) is 0 Å². The predicted molar refractivity (Wildman–Crippen MR) is 250 cm³/mol. The van der Waals surface area contributed by atoms with Crippen molar-refractivity contribution in [2.24, 2.45) is 40.4 Å². The van der Waals surface area contributed by atoms with Crippen LogP contribution in [0.1, 0.15) is 229 Å². The third-order valence-electron chi connectivity index (χ3n) is 17.1. The highest BCUT2D eigenvalue weighted by atomic mass is 16.8. The molecule has 1 saturated heterocycles. The van der Waals surface area contributed by atoms with Gasteiger partial charge in [-0.25, -0.2) is 0 Å². The second-order valence-corrected chi connectivity index (χ2v) is 22.3. The van der Waals surface area contributed by atoms with Crippen LogP contribution >= 0.6 is 0 Å². The van der Waals surface area contributed by atoms with E-state index in [9.17, 15) is 24.6 Å². The SMILES string of the molecule is CCCCCCCCCCCCCCCC(=O)OCC1=CC2C(=O)C3(CC4(C)OC4(OC(=O)C(C)C(C)C)C3(O)C1O)C(C)CC1(OC(=O)CCCCCCCCCCC)C2C1(C)C. The van der Waals surface area contributed by atoms with Crippen LogP contribution in [0.25, 0.3) is 0 Å². The average molecular weight is 899 g/mol. The summed E-state index contributed by atoms with van der Waals surface area (Å²) < 4.78 is 25.0. The minimum atomic E-state index is -2.43. The number of carbonyl (C=O) groups excluding carboxylic acids is 4. The summed E-state index contributed by atoms with van der Waals surface area (Å²) in [4.78, 5) is 56.4. The zero-order chi connectivity index (χ0) is 47.0. The van der Waals surface area contributed by atoms with Crippen molar-refractivity contribution in [3.05, 3.63) is 11.6 Å². The lowest BCUT2D eigenvalue weighted by molar-refractivity contribution is -0.259. The van der Waals surface area contributed by atoms with E-state index in [1.54, 1.807) is 19.9 Å². The summed E-state index contributed by atoms with van der Waals surface area (Å²) in [7, 11) is 0. The highest BCUT2D eigenvalue weighted by molar-refractivity contribution is 5.95. The molecular formula is C54H90O10. The van der Waals surface area contributed by atoms with Gasteiger partial charge in [0.05, 0.1) is 11.3 Å². The first-order valence-corrected chi connectivity index (χ1v) is 26.3. The van der Waals surface area contributed by atoms with Gasteiger partial charge in [-0.1, -0.05) is 190 Å². The van der Waals surface area contributed by atoms with Crippen molar-refractivity contribution in [2.45, 2.75) is 258 Å². The van der Waals surface area contributed by atoms with Gasteiger partial charge in [0.2, 0.25) is 0 Å². The summed E-state index contributed by atoms with van der Waals surface area (Å²) in [5.74, 6) is -6.18. The van der Waals surface area contributed by atoms with Crippen LogP contribution in [0, 0.1) is 40.4 Å². The van der Waals surface area contributed by atoms with Gasteiger partial charge < -0.3 is 29.2 Å². The standard InChI is InChI=1S/C54H90O10/c1-10-12-14-16-18-20-21-22-23-25-26-28-30-32-43(55)61-36-41-34-42-45-49(7,8)52(45,62-44(56)33-31-29-27-24-19-17-15-13-11-2)35-39(5)51(47(42)58)37-50(9)54(64-50,53(51,60)46(41)57)63-48(59)40(6)38(3)4/h34,38-40,42,45-46,57,60H,10-33,35-37H2,1-9H3. The van der Waals surface area contributed by atoms with Crippen molar-refractivity contribution < 1.29 is 48.3 Å². The Labute approximate surface area is 387 Å². The van der Waals surface area contributed by atoms with Crippen molar-refractivity contribution >= 4 is 23.7 Å². The lowest BCUT2D eigenvalue weighted by atomic mass is 9.58. The number of unbranched alkanes of at least 4 members (excludes halogenated alkanes) is 20. The second kappa shape index (κ2) is 22.2.